The molecular formula is C27H36N4O6S. The molecule has 1 atom stereocenters. The first-order valence-corrected chi connectivity index (χ1v) is 14.6. The van der Waals surface area contributed by atoms with Gasteiger partial charge in [0.05, 0.1) is 16.9 Å². The molecule has 0 saturated heterocycles. The number of benzene rings is 2. The smallest absolute Gasteiger partial charge is 0.271 e. The van der Waals surface area contributed by atoms with Gasteiger partial charge >= 0.3 is 0 Å². The van der Waals surface area contributed by atoms with Crippen molar-refractivity contribution in [3.8, 4) is 0 Å². The summed E-state index contributed by atoms with van der Waals surface area (Å²) in [6.45, 7) is 4.69. The Morgan fingerprint density at radius 2 is 1.71 bits per heavy atom. The van der Waals surface area contributed by atoms with Crippen LogP contribution in [0.15, 0.2) is 42.5 Å². The number of hydrogen-bond acceptors (Lipinski definition) is 6. The number of anilines is 1. The summed E-state index contributed by atoms with van der Waals surface area (Å²) in [6, 6.07) is 10.6. The van der Waals surface area contributed by atoms with Crippen LogP contribution in [0, 0.1) is 24.0 Å². The van der Waals surface area contributed by atoms with Crippen molar-refractivity contribution >= 4 is 33.2 Å². The molecule has 0 unspecified atom stereocenters. The van der Waals surface area contributed by atoms with Crippen molar-refractivity contribution in [2.75, 3.05) is 17.1 Å². The number of rotatable bonds is 10. The molecule has 1 aliphatic carbocycles. The van der Waals surface area contributed by atoms with Gasteiger partial charge in [0.2, 0.25) is 21.8 Å². The van der Waals surface area contributed by atoms with Gasteiger partial charge in [-0.2, -0.15) is 0 Å². The van der Waals surface area contributed by atoms with Crippen molar-refractivity contribution in [2.24, 2.45) is 0 Å². The van der Waals surface area contributed by atoms with Gasteiger partial charge in [0, 0.05) is 24.7 Å². The van der Waals surface area contributed by atoms with Crippen molar-refractivity contribution in [3.05, 3.63) is 69.3 Å². The third kappa shape index (κ3) is 7.53. The Bertz CT molecular complexity index is 1270. The summed E-state index contributed by atoms with van der Waals surface area (Å²) in [5.41, 5.74) is 2.05. The second kappa shape index (κ2) is 12.4. The lowest BCUT2D eigenvalue weighted by Crippen LogP contribution is -2.53. The van der Waals surface area contributed by atoms with E-state index in [1.165, 1.54) is 17.0 Å². The highest BCUT2D eigenvalue weighted by Crippen LogP contribution is 2.28. The highest BCUT2D eigenvalue weighted by atomic mass is 32.2. The summed E-state index contributed by atoms with van der Waals surface area (Å²) >= 11 is 0. The van der Waals surface area contributed by atoms with Crippen LogP contribution in [0.25, 0.3) is 0 Å². The topological polar surface area (TPSA) is 130 Å². The average Bonchev–Trinajstić information content (AvgIpc) is 2.86. The second-order valence-electron chi connectivity index (χ2n) is 10.0. The number of sulfonamides is 1. The van der Waals surface area contributed by atoms with Gasteiger partial charge in [0.1, 0.15) is 12.6 Å². The standard InChI is InChI=1S/C27H36N4O6S/c1-19-10-13-22(14-11-19)17-29(21(3)27(33)28-23-8-6-5-7-9-23)26(32)18-30(38(4,36)37)25-16-24(31(34)35)15-12-20(25)2/h10-16,21,23H,5-9,17-18H2,1-4H3,(H,28,33)/t21-/m0/s1. The van der Waals surface area contributed by atoms with Crippen LogP contribution in [0.5, 0.6) is 0 Å². The lowest BCUT2D eigenvalue weighted by Gasteiger charge is -2.33. The number of hydrogen-bond donors (Lipinski definition) is 1. The summed E-state index contributed by atoms with van der Waals surface area (Å²) in [6.07, 6.45) is 5.94. The number of carbonyl (C=O) groups is 2. The van der Waals surface area contributed by atoms with E-state index in [9.17, 15) is 28.1 Å². The molecule has 10 nitrogen and oxygen atoms in total. The summed E-state index contributed by atoms with van der Waals surface area (Å²) in [5.74, 6) is -0.886. The summed E-state index contributed by atoms with van der Waals surface area (Å²) < 4.78 is 26.4. The zero-order valence-electron chi connectivity index (χ0n) is 22.3. The molecule has 1 saturated carbocycles. The number of nitrogens with zero attached hydrogens (tertiary/aromatic N) is 3. The SMILES string of the molecule is Cc1ccc(CN(C(=O)CN(c2cc([N+](=O)[O-])ccc2C)S(C)(=O)=O)[C@@H](C)C(=O)NC2CCCCC2)cc1. The molecule has 0 spiro atoms. The Hall–Kier alpha value is -3.47. The van der Waals surface area contributed by atoms with E-state index in [2.05, 4.69) is 5.32 Å². The van der Waals surface area contributed by atoms with Gasteiger partial charge in [0.25, 0.3) is 5.69 Å². The van der Waals surface area contributed by atoms with Crippen LogP contribution in [0.3, 0.4) is 0 Å². The van der Waals surface area contributed by atoms with E-state index >= 15 is 0 Å². The predicted molar refractivity (Wildman–Crippen MR) is 146 cm³/mol. The number of amides is 2. The fourth-order valence-electron chi connectivity index (χ4n) is 4.62. The van der Waals surface area contributed by atoms with Crippen LogP contribution in [0.4, 0.5) is 11.4 Å². The Balaban J connectivity index is 1.92. The van der Waals surface area contributed by atoms with Crippen LogP contribution < -0.4 is 9.62 Å². The number of nitrogens with one attached hydrogen (secondary N) is 1. The molecule has 2 amide bonds. The molecule has 1 aliphatic rings. The first-order valence-electron chi connectivity index (χ1n) is 12.7. The van der Waals surface area contributed by atoms with Crippen LogP contribution in [0.2, 0.25) is 0 Å². The molecule has 0 aromatic heterocycles. The molecule has 0 aliphatic heterocycles. The lowest BCUT2D eigenvalue weighted by molar-refractivity contribution is -0.384. The van der Waals surface area contributed by atoms with Crippen molar-refractivity contribution in [3.63, 3.8) is 0 Å². The minimum atomic E-state index is -4.00. The highest BCUT2D eigenvalue weighted by Gasteiger charge is 2.32. The maximum atomic E-state index is 13.7. The summed E-state index contributed by atoms with van der Waals surface area (Å²) in [5, 5.41) is 14.4. The van der Waals surface area contributed by atoms with Gasteiger partial charge in [-0.25, -0.2) is 8.42 Å². The number of nitro benzene ring substituents is 1. The summed E-state index contributed by atoms with van der Waals surface area (Å²) in [7, 11) is -4.00. The van der Waals surface area contributed by atoms with Crippen LogP contribution in [0.1, 0.15) is 55.7 Å². The first kappa shape index (κ1) is 29.1. The minimum absolute atomic E-state index is 0.0460. The van der Waals surface area contributed by atoms with Gasteiger partial charge in [-0.05, 0) is 44.7 Å². The monoisotopic (exact) mass is 544 g/mol. The molecule has 11 heteroatoms. The fraction of sp³-hybridized carbons (Fsp3) is 0.481. The molecule has 2 aromatic rings. The van der Waals surface area contributed by atoms with Crippen LogP contribution in [-0.2, 0) is 26.2 Å². The van der Waals surface area contributed by atoms with Crippen molar-refractivity contribution in [1.82, 2.24) is 10.2 Å². The largest absolute Gasteiger partial charge is 0.352 e. The van der Waals surface area contributed by atoms with Gasteiger partial charge in [-0.1, -0.05) is 55.2 Å². The Labute approximate surface area is 224 Å². The first-order chi connectivity index (χ1) is 17.9. The van der Waals surface area contributed by atoms with Gasteiger partial charge in [-0.3, -0.25) is 24.0 Å². The quantitative estimate of drug-likeness (QED) is 0.357. The van der Waals surface area contributed by atoms with E-state index in [0.717, 1.165) is 59.9 Å². The third-order valence-corrected chi connectivity index (χ3v) is 8.07. The minimum Gasteiger partial charge on any atom is -0.352 e. The molecule has 2 aromatic carbocycles. The molecule has 0 heterocycles. The predicted octanol–water partition coefficient (Wildman–Crippen LogP) is 3.84. The molecule has 206 valence electrons. The van der Waals surface area contributed by atoms with Gasteiger partial charge < -0.3 is 10.2 Å². The van der Waals surface area contributed by atoms with E-state index in [1.807, 2.05) is 31.2 Å². The molecule has 0 radical (unpaired) electrons. The molecule has 1 fully saturated rings. The van der Waals surface area contributed by atoms with Crippen LogP contribution in [-0.4, -0.2) is 54.9 Å². The van der Waals surface area contributed by atoms with Gasteiger partial charge in [-0.15, -0.1) is 0 Å². The number of carbonyl (C=O) groups excluding carboxylic acids is 2. The molecule has 1 N–H and O–H groups in total. The number of non-ortho nitro benzene ring substituents is 1. The Kier molecular flexibility index (Phi) is 9.48. The normalized spacial score (nSPS) is 14.9. The van der Waals surface area contributed by atoms with Crippen molar-refractivity contribution in [1.29, 1.82) is 0 Å². The second-order valence-corrected chi connectivity index (χ2v) is 11.9. The summed E-state index contributed by atoms with van der Waals surface area (Å²) in [4.78, 5) is 39.0. The van der Waals surface area contributed by atoms with E-state index in [4.69, 9.17) is 0 Å². The molecule has 38 heavy (non-hydrogen) atoms. The van der Waals surface area contributed by atoms with E-state index in [1.54, 1.807) is 13.8 Å². The zero-order chi connectivity index (χ0) is 28.0. The van der Waals surface area contributed by atoms with E-state index in [0.29, 0.717) is 5.56 Å². The lowest BCUT2D eigenvalue weighted by atomic mass is 9.95. The zero-order valence-corrected chi connectivity index (χ0v) is 23.2. The molecular weight excluding hydrogens is 508 g/mol. The van der Waals surface area contributed by atoms with Crippen molar-refractivity contribution < 1.29 is 22.9 Å². The number of nitro groups is 1. The Morgan fingerprint density at radius 3 is 2.29 bits per heavy atom. The highest BCUT2D eigenvalue weighted by molar-refractivity contribution is 7.92. The number of aryl methyl sites for hydroxylation is 2. The fourth-order valence-corrected chi connectivity index (χ4v) is 5.52. The van der Waals surface area contributed by atoms with Crippen LogP contribution >= 0.6 is 0 Å². The van der Waals surface area contributed by atoms with E-state index < -0.39 is 33.4 Å². The molecule has 0 bridgehead atoms. The van der Waals surface area contributed by atoms with Crippen molar-refractivity contribution in [2.45, 2.75) is 71.5 Å². The average molecular weight is 545 g/mol. The van der Waals surface area contributed by atoms with E-state index in [-0.39, 0.29) is 29.9 Å². The maximum absolute atomic E-state index is 13.7. The third-order valence-electron chi connectivity index (χ3n) is 6.94. The Morgan fingerprint density at radius 1 is 1.08 bits per heavy atom. The maximum Gasteiger partial charge on any atom is 0.271 e. The molecule has 3 rings (SSSR count). The van der Waals surface area contributed by atoms with Gasteiger partial charge in [0.15, 0.2) is 0 Å².